The molecular weight excluding hydrogens is 207 g/mol. The summed E-state index contributed by atoms with van der Waals surface area (Å²) in [6, 6.07) is 6.80. The standard InChI is InChI=1S/C11H17BO4/c1-15-7-2-3-8-16-11-6-4-5-10(9-11)12(13)14/h4-6,9,13-14H,2-3,7-8H2,1H3. The van der Waals surface area contributed by atoms with Crippen molar-refractivity contribution in [2.24, 2.45) is 0 Å². The van der Waals surface area contributed by atoms with Gasteiger partial charge in [0.1, 0.15) is 5.75 Å². The Bertz CT molecular complexity index is 304. The molecule has 0 atom stereocenters. The van der Waals surface area contributed by atoms with Crippen LogP contribution in [0.2, 0.25) is 0 Å². The highest BCUT2D eigenvalue weighted by Crippen LogP contribution is 2.08. The van der Waals surface area contributed by atoms with E-state index in [0.29, 0.717) is 17.8 Å². The van der Waals surface area contributed by atoms with Crippen molar-refractivity contribution >= 4 is 12.6 Å². The lowest BCUT2D eigenvalue weighted by atomic mass is 9.80. The van der Waals surface area contributed by atoms with Crippen LogP contribution >= 0.6 is 0 Å². The summed E-state index contributed by atoms with van der Waals surface area (Å²) in [7, 11) is 0.226. The summed E-state index contributed by atoms with van der Waals surface area (Å²) < 4.78 is 10.4. The molecule has 4 nitrogen and oxygen atoms in total. The SMILES string of the molecule is COCCCCOc1cccc(B(O)O)c1. The molecule has 0 saturated heterocycles. The number of unbranched alkanes of at least 4 members (excludes halogenated alkanes) is 1. The van der Waals surface area contributed by atoms with E-state index >= 15 is 0 Å². The molecule has 88 valence electrons. The van der Waals surface area contributed by atoms with Crippen LogP contribution in [-0.2, 0) is 4.74 Å². The molecule has 0 saturated carbocycles. The molecule has 2 N–H and O–H groups in total. The second kappa shape index (κ2) is 7.27. The van der Waals surface area contributed by atoms with E-state index in [2.05, 4.69) is 0 Å². The van der Waals surface area contributed by atoms with Gasteiger partial charge in [-0.3, -0.25) is 0 Å². The molecule has 0 fully saturated rings. The molecule has 0 aromatic heterocycles. The first kappa shape index (κ1) is 13.0. The van der Waals surface area contributed by atoms with Gasteiger partial charge in [-0.25, -0.2) is 0 Å². The molecule has 0 amide bonds. The van der Waals surface area contributed by atoms with Gasteiger partial charge in [0.05, 0.1) is 6.61 Å². The fourth-order valence-corrected chi connectivity index (χ4v) is 1.30. The Balaban J connectivity index is 2.33. The van der Waals surface area contributed by atoms with Crippen LogP contribution in [-0.4, -0.2) is 37.5 Å². The highest BCUT2D eigenvalue weighted by Gasteiger charge is 2.10. The summed E-state index contributed by atoms with van der Waals surface area (Å²) in [5.41, 5.74) is 0.439. The first-order chi connectivity index (χ1) is 7.74. The molecule has 0 radical (unpaired) electrons. The van der Waals surface area contributed by atoms with E-state index in [-0.39, 0.29) is 0 Å². The topological polar surface area (TPSA) is 58.9 Å². The fraction of sp³-hybridized carbons (Fsp3) is 0.455. The monoisotopic (exact) mass is 224 g/mol. The van der Waals surface area contributed by atoms with Crippen molar-refractivity contribution in [2.45, 2.75) is 12.8 Å². The summed E-state index contributed by atoms with van der Waals surface area (Å²) in [5.74, 6) is 0.656. The molecule has 0 unspecified atom stereocenters. The Kier molecular flexibility index (Phi) is 5.92. The third kappa shape index (κ3) is 4.66. The Morgan fingerprint density at radius 2 is 1.94 bits per heavy atom. The van der Waals surface area contributed by atoms with Crippen LogP contribution in [0.15, 0.2) is 24.3 Å². The summed E-state index contributed by atoms with van der Waals surface area (Å²) in [5, 5.41) is 17.9. The molecule has 0 spiro atoms. The fourth-order valence-electron chi connectivity index (χ4n) is 1.30. The quantitative estimate of drug-likeness (QED) is 0.512. The van der Waals surface area contributed by atoms with E-state index < -0.39 is 7.12 Å². The number of benzene rings is 1. The maximum absolute atomic E-state index is 8.97. The third-order valence-electron chi connectivity index (χ3n) is 2.17. The molecule has 0 aliphatic heterocycles. The second-order valence-corrected chi connectivity index (χ2v) is 3.49. The zero-order chi connectivity index (χ0) is 11.8. The van der Waals surface area contributed by atoms with E-state index in [4.69, 9.17) is 19.5 Å². The van der Waals surface area contributed by atoms with Crippen LogP contribution in [0.1, 0.15) is 12.8 Å². The van der Waals surface area contributed by atoms with Crippen molar-refractivity contribution in [3.8, 4) is 5.75 Å². The molecule has 0 aliphatic rings. The average Bonchev–Trinajstić information content (AvgIpc) is 2.29. The van der Waals surface area contributed by atoms with Gasteiger partial charge in [-0.05, 0) is 30.4 Å². The van der Waals surface area contributed by atoms with Crippen molar-refractivity contribution in [2.75, 3.05) is 20.3 Å². The lowest BCUT2D eigenvalue weighted by Gasteiger charge is -2.07. The average molecular weight is 224 g/mol. The Morgan fingerprint density at radius 1 is 1.19 bits per heavy atom. The number of ether oxygens (including phenoxy) is 2. The van der Waals surface area contributed by atoms with E-state index in [1.54, 1.807) is 31.4 Å². The van der Waals surface area contributed by atoms with Gasteiger partial charge in [0.15, 0.2) is 0 Å². The minimum absolute atomic E-state index is 0.439. The molecule has 1 aromatic rings. The zero-order valence-electron chi connectivity index (χ0n) is 9.43. The summed E-state index contributed by atoms with van der Waals surface area (Å²) in [6.07, 6.45) is 1.87. The van der Waals surface area contributed by atoms with Gasteiger partial charge in [0.2, 0.25) is 0 Å². The van der Waals surface area contributed by atoms with E-state index in [0.717, 1.165) is 19.4 Å². The maximum Gasteiger partial charge on any atom is 0.488 e. The predicted octanol–water partition coefficient (Wildman–Crippen LogP) is 0.172. The van der Waals surface area contributed by atoms with Crippen molar-refractivity contribution in [1.82, 2.24) is 0 Å². The first-order valence-corrected chi connectivity index (χ1v) is 5.32. The van der Waals surface area contributed by atoms with E-state index in [1.807, 2.05) is 0 Å². The Hall–Kier alpha value is -1.04. The molecule has 5 heteroatoms. The van der Waals surface area contributed by atoms with Crippen LogP contribution in [0.4, 0.5) is 0 Å². The molecule has 1 aromatic carbocycles. The zero-order valence-corrected chi connectivity index (χ0v) is 9.43. The van der Waals surface area contributed by atoms with Crippen LogP contribution in [0.3, 0.4) is 0 Å². The van der Waals surface area contributed by atoms with Crippen LogP contribution < -0.4 is 10.2 Å². The normalized spacial score (nSPS) is 10.2. The van der Waals surface area contributed by atoms with Gasteiger partial charge in [0, 0.05) is 13.7 Å². The minimum atomic E-state index is -1.45. The molecule has 1 rings (SSSR count). The minimum Gasteiger partial charge on any atom is -0.494 e. The molecule has 0 aliphatic carbocycles. The van der Waals surface area contributed by atoms with Gasteiger partial charge in [-0.2, -0.15) is 0 Å². The summed E-state index contributed by atoms with van der Waals surface area (Å²) in [6.45, 7) is 1.34. The first-order valence-electron chi connectivity index (χ1n) is 5.32. The number of hydrogen-bond donors (Lipinski definition) is 2. The summed E-state index contributed by atoms with van der Waals surface area (Å²) >= 11 is 0. The van der Waals surface area contributed by atoms with Gasteiger partial charge < -0.3 is 19.5 Å². The van der Waals surface area contributed by atoms with Crippen molar-refractivity contribution in [3.05, 3.63) is 24.3 Å². The lowest BCUT2D eigenvalue weighted by Crippen LogP contribution is -2.29. The van der Waals surface area contributed by atoms with Crippen molar-refractivity contribution in [1.29, 1.82) is 0 Å². The van der Waals surface area contributed by atoms with Gasteiger partial charge in [0.25, 0.3) is 0 Å². The maximum atomic E-state index is 8.97. The highest BCUT2D eigenvalue weighted by atomic mass is 16.5. The van der Waals surface area contributed by atoms with Gasteiger partial charge >= 0.3 is 7.12 Å². The third-order valence-corrected chi connectivity index (χ3v) is 2.17. The number of methoxy groups -OCH3 is 1. The Morgan fingerprint density at radius 3 is 2.62 bits per heavy atom. The second-order valence-electron chi connectivity index (χ2n) is 3.49. The largest absolute Gasteiger partial charge is 0.494 e. The molecule has 16 heavy (non-hydrogen) atoms. The van der Waals surface area contributed by atoms with Crippen LogP contribution in [0, 0.1) is 0 Å². The summed E-state index contributed by atoms with van der Waals surface area (Å²) in [4.78, 5) is 0. The Labute approximate surface area is 96.0 Å². The van der Waals surface area contributed by atoms with Crippen molar-refractivity contribution in [3.63, 3.8) is 0 Å². The number of hydrogen-bond acceptors (Lipinski definition) is 4. The van der Waals surface area contributed by atoms with Gasteiger partial charge in [-0.15, -0.1) is 0 Å². The predicted molar refractivity (Wildman–Crippen MR) is 62.9 cm³/mol. The smallest absolute Gasteiger partial charge is 0.488 e. The van der Waals surface area contributed by atoms with E-state index in [1.165, 1.54) is 0 Å². The van der Waals surface area contributed by atoms with Crippen LogP contribution in [0.25, 0.3) is 0 Å². The molecule has 0 heterocycles. The highest BCUT2D eigenvalue weighted by molar-refractivity contribution is 6.58. The van der Waals surface area contributed by atoms with E-state index in [9.17, 15) is 0 Å². The molecular formula is C11H17BO4. The molecule has 0 bridgehead atoms. The van der Waals surface area contributed by atoms with Crippen molar-refractivity contribution < 1.29 is 19.5 Å². The number of rotatable bonds is 7. The lowest BCUT2D eigenvalue weighted by molar-refractivity contribution is 0.184. The van der Waals surface area contributed by atoms with Crippen LogP contribution in [0.5, 0.6) is 5.75 Å². The van der Waals surface area contributed by atoms with Gasteiger partial charge in [-0.1, -0.05) is 12.1 Å².